The molecule has 7 heteroatoms. The van der Waals surface area contributed by atoms with Crippen LogP contribution in [0.1, 0.15) is 37.5 Å². The Hall–Kier alpha value is -2.54. The van der Waals surface area contributed by atoms with Crippen LogP contribution in [0.25, 0.3) is 0 Å². The lowest BCUT2D eigenvalue weighted by atomic mass is 10.1. The maximum absolute atomic E-state index is 12.9. The lowest BCUT2D eigenvalue weighted by Gasteiger charge is -2.16. The number of methoxy groups -OCH3 is 1. The minimum atomic E-state index is -0.0965. The van der Waals surface area contributed by atoms with E-state index in [4.69, 9.17) is 9.15 Å². The van der Waals surface area contributed by atoms with Crippen molar-refractivity contribution in [1.29, 1.82) is 0 Å². The Kier molecular flexibility index (Phi) is 6.70. The van der Waals surface area contributed by atoms with Crippen molar-refractivity contribution in [3.05, 3.63) is 54.0 Å². The first-order chi connectivity index (χ1) is 13.2. The van der Waals surface area contributed by atoms with E-state index in [1.807, 2.05) is 24.3 Å². The van der Waals surface area contributed by atoms with E-state index >= 15 is 0 Å². The molecule has 1 fully saturated rings. The van der Waals surface area contributed by atoms with Gasteiger partial charge in [0.1, 0.15) is 11.5 Å². The Morgan fingerprint density at radius 2 is 2.11 bits per heavy atom. The maximum Gasteiger partial charge on any atom is 0.242 e. The predicted octanol–water partition coefficient (Wildman–Crippen LogP) is 4.31. The summed E-state index contributed by atoms with van der Waals surface area (Å²) in [4.78, 5) is 14.6. The number of hydrogen-bond acceptors (Lipinski definition) is 6. The van der Waals surface area contributed by atoms with Crippen molar-refractivity contribution in [3.8, 4) is 5.75 Å². The second kappa shape index (κ2) is 9.41. The molecule has 1 aliphatic rings. The largest absolute Gasteiger partial charge is 0.497 e. The molecule has 3 rings (SSSR count). The number of amidine groups is 1. The Morgan fingerprint density at radius 3 is 2.78 bits per heavy atom. The second-order valence-electron chi connectivity index (χ2n) is 6.16. The Bertz CT molecular complexity index is 800. The highest BCUT2D eigenvalue weighted by atomic mass is 32.2. The standard InChI is InChI=1S/C20H23N3O3S/c1-3-4-7-18-19(24)23(14-15-8-10-16(25-2)11-9-15)20(27-18)22-21-13-17-6-5-12-26-17/h5-6,8-13,18H,3-4,7,14H2,1-2H3/b21-13-,22-20-/t18-/m1/s1. The molecule has 6 nitrogen and oxygen atoms in total. The van der Waals surface area contributed by atoms with Gasteiger partial charge in [-0.05, 0) is 36.2 Å². The van der Waals surface area contributed by atoms with Crippen LogP contribution >= 0.6 is 11.8 Å². The maximum atomic E-state index is 12.9. The second-order valence-corrected chi connectivity index (χ2v) is 7.33. The number of carbonyl (C=O) groups excluding carboxylic acids is 1. The monoisotopic (exact) mass is 385 g/mol. The number of thioether (sulfide) groups is 1. The molecule has 0 aliphatic carbocycles. The molecule has 0 radical (unpaired) electrons. The van der Waals surface area contributed by atoms with Crippen molar-refractivity contribution in [2.75, 3.05) is 7.11 Å². The summed E-state index contributed by atoms with van der Waals surface area (Å²) in [5, 5.41) is 8.91. The van der Waals surface area contributed by atoms with Gasteiger partial charge >= 0.3 is 0 Å². The lowest BCUT2D eigenvalue weighted by Crippen LogP contribution is -2.31. The zero-order chi connectivity index (χ0) is 19.1. The van der Waals surface area contributed by atoms with E-state index in [2.05, 4.69) is 17.1 Å². The van der Waals surface area contributed by atoms with Crippen LogP contribution in [-0.4, -0.2) is 34.5 Å². The molecule has 1 aromatic carbocycles. The van der Waals surface area contributed by atoms with Crippen LogP contribution in [0.15, 0.2) is 57.3 Å². The predicted molar refractivity (Wildman–Crippen MR) is 108 cm³/mol. The van der Waals surface area contributed by atoms with Crippen LogP contribution in [0.4, 0.5) is 0 Å². The van der Waals surface area contributed by atoms with Crippen molar-refractivity contribution >= 4 is 29.1 Å². The lowest BCUT2D eigenvalue weighted by molar-refractivity contribution is -0.126. The van der Waals surface area contributed by atoms with Gasteiger partial charge in [-0.15, -0.1) is 5.10 Å². The zero-order valence-electron chi connectivity index (χ0n) is 15.5. The van der Waals surface area contributed by atoms with Gasteiger partial charge in [-0.2, -0.15) is 5.10 Å². The number of unbranched alkanes of at least 4 members (excludes halogenated alkanes) is 1. The average molecular weight is 385 g/mol. The van der Waals surface area contributed by atoms with Gasteiger partial charge in [0.2, 0.25) is 5.91 Å². The molecule has 0 N–H and O–H groups in total. The fourth-order valence-corrected chi connectivity index (χ4v) is 3.86. The third-order valence-electron chi connectivity index (χ3n) is 4.21. The minimum absolute atomic E-state index is 0.0937. The van der Waals surface area contributed by atoms with Gasteiger partial charge in [0.15, 0.2) is 5.17 Å². The average Bonchev–Trinajstić information content (AvgIpc) is 3.31. The van der Waals surface area contributed by atoms with Crippen LogP contribution < -0.4 is 4.74 Å². The smallest absolute Gasteiger partial charge is 0.242 e. The Morgan fingerprint density at radius 1 is 1.30 bits per heavy atom. The molecule has 1 atom stereocenters. The molecule has 2 heterocycles. The van der Waals surface area contributed by atoms with E-state index in [9.17, 15) is 4.79 Å². The summed E-state index contributed by atoms with van der Waals surface area (Å²) in [6.45, 7) is 2.59. The van der Waals surface area contributed by atoms with Crippen molar-refractivity contribution in [1.82, 2.24) is 4.90 Å². The van der Waals surface area contributed by atoms with Crippen molar-refractivity contribution in [3.63, 3.8) is 0 Å². The summed E-state index contributed by atoms with van der Waals surface area (Å²) in [7, 11) is 1.63. The molecule has 1 aromatic heterocycles. The topological polar surface area (TPSA) is 67.4 Å². The molecule has 1 aliphatic heterocycles. The highest BCUT2D eigenvalue weighted by Gasteiger charge is 2.37. The summed E-state index contributed by atoms with van der Waals surface area (Å²) in [6, 6.07) is 11.3. The van der Waals surface area contributed by atoms with Gasteiger partial charge in [-0.3, -0.25) is 9.69 Å². The summed E-state index contributed by atoms with van der Waals surface area (Å²) in [6.07, 6.45) is 6.05. The van der Waals surface area contributed by atoms with Crippen LogP contribution in [0.5, 0.6) is 5.75 Å². The molecule has 0 bridgehead atoms. The third kappa shape index (κ3) is 5.01. The Balaban J connectivity index is 1.77. The summed E-state index contributed by atoms with van der Waals surface area (Å²) >= 11 is 1.49. The normalized spacial score (nSPS) is 18.7. The zero-order valence-corrected chi connectivity index (χ0v) is 16.3. The fraction of sp³-hybridized carbons (Fsp3) is 0.350. The first kappa shape index (κ1) is 19.2. The number of hydrogen-bond donors (Lipinski definition) is 0. The molecule has 1 amide bonds. The molecule has 27 heavy (non-hydrogen) atoms. The molecule has 0 spiro atoms. The third-order valence-corrected chi connectivity index (χ3v) is 5.45. The molecule has 142 valence electrons. The first-order valence-corrected chi connectivity index (χ1v) is 9.84. The fourth-order valence-electron chi connectivity index (χ4n) is 2.72. The van der Waals surface area contributed by atoms with Crippen molar-refractivity contribution in [2.24, 2.45) is 10.2 Å². The number of rotatable bonds is 8. The molecule has 0 saturated carbocycles. The SMILES string of the molecule is CCCC[C@H]1S/C(=N\N=C/c2ccco2)N(Cc2ccc(OC)cc2)C1=O. The van der Waals surface area contributed by atoms with E-state index < -0.39 is 0 Å². The van der Waals surface area contributed by atoms with Gasteiger partial charge < -0.3 is 9.15 Å². The van der Waals surface area contributed by atoms with Crippen molar-refractivity contribution in [2.45, 2.75) is 38.0 Å². The molecular formula is C20H23N3O3S. The number of ether oxygens (including phenoxy) is 1. The molecule has 2 aromatic rings. The van der Waals surface area contributed by atoms with Gasteiger partial charge in [0.05, 0.1) is 31.4 Å². The van der Waals surface area contributed by atoms with Gasteiger partial charge in [-0.25, -0.2) is 0 Å². The Labute approximate surface area is 163 Å². The molecule has 0 unspecified atom stereocenters. The summed E-state index contributed by atoms with van der Waals surface area (Å²) in [5.41, 5.74) is 1.02. The van der Waals surface area contributed by atoms with Crippen LogP contribution in [0.3, 0.4) is 0 Å². The minimum Gasteiger partial charge on any atom is -0.497 e. The van der Waals surface area contributed by atoms with Gasteiger partial charge in [0.25, 0.3) is 0 Å². The van der Waals surface area contributed by atoms with E-state index in [1.165, 1.54) is 11.8 Å². The summed E-state index contributed by atoms with van der Waals surface area (Å²) in [5.74, 6) is 1.51. The van der Waals surface area contributed by atoms with E-state index in [0.717, 1.165) is 30.6 Å². The van der Waals surface area contributed by atoms with Crippen LogP contribution in [0.2, 0.25) is 0 Å². The number of amides is 1. The number of furan rings is 1. The van der Waals surface area contributed by atoms with E-state index in [-0.39, 0.29) is 11.2 Å². The highest BCUT2D eigenvalue weighted by molar-refractivity contribution is 8.15. The van der Waals surface area contributed by atoms with Gasteiger partial charge in [-0.1, -0.05) is 43.7 Å². The highest BCUT2D eigenvalue weighted by Crippen LogP contribution is 2.32. The van der Waals surface area contributed by atoms with Crippen LogP contribution in [-0.2, 0) is 11.3 Å². The van der Waals surface area contributed by atoms with E-state index in [1.54, 1.807) is 36.6 Å². The summed E-state index contributed by atoms with van der Waals surface area (Å²) < 4.78 is 10.4. The van der Waals surface area contributed by atoms with Crippen molar-refractivity contribution < 1.29 is 13.9 Å². The first-order valence-electron chi connectivity index (χ1n) is 8.96. The van der Waals surface area contributed by atoms with E-state index in [0.29, 0.717) is 17.5 Å². The number of carbonyl (C=O) groups is 1. The number of nitrogens with zero attached hydrogens (tertiary/aromatic N) is 3. The molecular weight excluding hydrogens is 362 g/mol. The van der Waals surface area contributed by atoms with Gasteiger partial charge in [0, 0.05) is 0 Å². The van der Waals surface area contributed by atoms with Crippen LogP contribution in [0, 0.1) is 0 Å². The quantitative estimate of drug-likeness (QED) is 0.501. The molecule has 1 saturated heterocycles. The number of benzene rings is 1.